The first-order valence-corrected chi connectivity index (χ1v) is 6.32. The van der Waals surface area contributed by atoms with Crippen molar-refractivity contribution in [3.8, 4) is 5.75 Å². The average molecular weight is 248 g/mol. The summed E-state index contributed by atoms with van der Waals surface area (Å²) in [7, 11) is 3.58. The Labute approximate surface area is 108 Å². The normalized spacial score (nSPS) is 19.0. The van der Waals surface area contributed by atoms with Gasteiger partial charge in [-0.1, -0.05) is 0 Å². The molecule has 98 valence electrons. The molecular weight excluding hydrogens is 228 g/mol. The second kappa shape index (κ2) is 5.87. The predicted molar refractivity (Wildman–Crippen MR) is 70.9 cm³/mol. The second-order valence-corrected chi connectivity index (χ2v) is 4.69. The number of carbonyl (C=O) groups excluding carboxylic acids is 1. The van der Waals surface area contributed by atoms with E-state index in [2.05, 4.69) is 5.32 Å². The Morgan fingerprint density at radius 1 is 1.44 bits per heavy atom. The zero-order valence-electron chi connectivity index (χ0n) is 11.0. The van der Waals surface area contributed by atoms with Crippen LogP contribution in [0.25, 0.3) is 0 Å². The monoisotopic (exact) mass is 248 g/mol. The van der Waals surface area contributed by atoms with E-state index in [0.717, 1.165) is 37.4 Å². The SMILES string of the molecule is CNCC1CCN(C(=O)c2ccc(OC)cc2)C1. The molecule has 18 heavy (non-hydrogen) atoms. The first-order valence-electron chi connectivity index (χ1n) is 6.32. The summed E-state index contributed by atoms with van der Waals surface area (Å²) in [5.74, 6) is 1.48. The van der Waals surface area contributed by atoms with Gasteiger partial charge in [0.15, 0.2) is 0 Å². The van der Waals surface area contributed by atoms with E-state index in [1.54, 1.807) is 7.11 Å². The molecule has 1 unspecified atom stereocenters. The number of ether oxygens (including phenoxy) is 1. The standard InChI is InChI=1S/C14H20N2O2/c1-15-9-11-7-8-16(10-11)14(17)12-3-5-13(18-2)6-4-12/h3-6,11,15H,7-10H2,1-2H3. The highest BCUT2D eigenvalue weighted by molar-refractivity contribution is 5.94. The minimum Gasteiger partial charge on any atom is -0.497 e. The first kappa shape index (κ1) is 12.9. The van der Waals surface area contributed by atoms with Crippen LogP contribution in [0.4, 0.5) is 0 Å². The summed E-state index contributed by atoms with van der Waals surface area (Å²) in [5.41, 5.74) is 0.737. The molecule has 0 bridgehead atoms. The van der Waals surface area contributed by atoms with Crippen molar-refractivity contribution in [2.24, 2.45) is 5.92 Å². The quantitative estimate of drug-likeness (QED) is 0.875. The lowest BCUT2D eigenvalue weighted by Gasteiger charge is -2.16. The van der Waals surface area contributed by atoms with E-state index in [1.807, 2.05) is 36.2 Å². The molecule has 4 heteroatoms. The lowest BCUT2D eigenvalue weighted by molar-refractivity contribution is 0.0787. The smallest absolute Gasteiger partial charge is 0.253 e. The Bertz CT molecular complexity index is 403. The Balaban J connectivity index is 1.98. The molecule has 0 radical (unpaired) electrons. The maximum absolute atomic E-state index is 12.3. The van der Waals surface area contributed by atoms with Gasteiger partial charge in [0.25, 0.3) is 5.91 Å². The second-order valence-electron chi connectivity index (χ2n) is 4.69. The van der Waals surface area contributed by atoms with Gasteiger partial charge in [-0.2, -0.15) is 0 Å². The van der Waals surface area contributed by atoms with Gasteiger partial charge in [-0.15, -0.1) is 0 Å². The lowest BCUT2D eigenvalue weighted by atomic mass is 10.1. The Kier molecular flexibility index (Phi) is 4.20. The van der Waals surface area contributed by atoms with Crippen LogP contribution in [0.15, 0.2) is 24.3 Å². The summed E-state index contributed by atoms with van der Waals surface area (Å²) in [4.78, 5) is 14.2. The van der Waals surface area contributed by atoms with Crippen LogP contribution in [0.5, 0.6) is 5.75 Å². The number of hydrogen-bond donors (Lipinski definition) is 1. The van der Waals surface area contributed by atoms with Crippen molar-refractivity contribution in [3.63, 3.8) is 0 Å². The minimum atomic E-state index is 0.122. The maximum Gasteiger partial charge on any atom is 0.253 e. The van der Waals surface area contributed by atoms with Gasteiger partial charge in [-0.3, -0.25) is 4.79 Å². The van der Waals surface area contributed by atoms with Gasteiger partial charge >= 0.3 is 0 Å². The van der Waals surface area contributed by atoms with Crippen molar-refractivity contribution >= 4 is 5.91 Å². The zero-order valence-corrected chi connectivity index (χ0v) is 11.0. The predicted octanol–water partition coefficient (Wildman–Crippen LogP) is 1.38. The minimum absolute atomic E-state index is 0.122. The molecule has 0 saturated carbocycles. The van der Waals surface area contributed by atoms with Gasteiger partial charge < -0.3 is 15.0 Å². The zero-order chi connectivity index (χ0) is 13.0. The lowest BCUT2D eigenvalue weighted by Crippen LogP contribution is -2.30. The Morgan fingerprint density at radius 2 is 2.17 bits per heavy atom. The number of nitrogens with zero attached hydrogens (tertiary/aromatic N) is 1. The van der Waals surface area contributed by atoms with Crippen LogP contribution in [-0.4, -0.2) is 44.6 Å². The van der Waals surface area contributed by atoms with Crippen LogP contribution in [0.2, 0.25) is 0 Å². The average Bonchev–Trinajstić information content (AvgIpc) is 2.87. The van der Waals surface area contributed by atoms with E-state index < -0.39 is 0 Å². The number of benzene rings is 1. The molecule has 1 aromatic carbocycles. The van der Waals surface area contributed by atoms with Gasteiger partial charge in [-0.25, -0.2) is 0 Å². The molecule has 0 aliphatic carbocycles. The highest BCUT2D eigenvalue weighted by Crippen LogP contribution is 2.19. The molecule has 1 aliphatic heterocycles. The van der Waals surface area contributed by atoms with Gasteiger partial charge in [-0.05, 0) is 50.2 Å². The molecule has 1 amide bonds. The molecule has 0 aromatic heterocycles. The molecule has 1 saturated heterocycles. The molecule has 1 fully saturated rings. The highest BCUT2D eigenvalue weighted by Gasteiger charge is 2.26. The Morgan fingerprint density at radius 3 is 2.78 bits per heavy atom. The van der Waals surface area contributed by atoms with Crippen molar-refractivity contribution in [3.05, 3.63) is 29.8 Å². The van der Waals surface area contributed by atoms with Gasteiger partial charge in [0.1, 0.15) is 5.75 Å². The van der Waals surface area contributed by atoms with Gasteiger partial charge in [0.2, 0.25) is 0 Å². The topological polar surface area (TPSA) is 41.6 Å². The molecule has 0 spiro atoms. The van der Waals surface area contributed by atoms with Crippen LogP contribution in [0.1, 0.15) is 16.8 Å². The molecular formula is C14H20N2O2. The fourth-order valence-corrected chi connectivity index (χ4v) is 2.39. The summed E-state index contributed by atoms with van der Waals surface area (Å²) in [5, 5.41) is 3.17. The first-order chi connectivity index (χ1) is 8.74. The molecule has 1 heterocycles. The molecule has 1 N–H and O–H groups in total. The number of hydrogen-bond acceptors (Lipinski definition) is 3. The molecule has 2 rings (SSSR count). The number of methoxy groups -OCH3 is 1. The van der Waals surface area contributed by atoms with Crippen LogP contribution >= 0.6 is 0 Å². The van der Waals surface area contributed by atoms with Crippen molar-refractivity contribution in [1.82, 2.24) is 10.2 Å². The van der Waals surface area contributed by atoms with E-state index in [0.29, 0.717) is 5.92 Å². The number of amides is 1. The maximum atomic E-state index is 12.3. The molecule has 1 aliphatic rings. The van der Waals surface area contributed by atoms with E-state index in [4.69, 9.17) is 4.74 Å². The van der Waals surface area contributed by atoms with Crippen molar-refractivity contribution < 1.29 is 9.53 Å². The third-order valence-corrected chi connectivity index (χ3v) is 3.40. The molecule has 1 atom stereocenters. The summed E-state index contributed by atoms with van der Waals surface area (Å²) in [6.45, 7) is 2.69. The third-order valence-electron chi connectivity index (χ3n) is 3.40. The van der Waals surface area contributed by atoms with E-state index in [9.17, 15) is 4.79 Å². The van der Waals surface area contributed by atoms with Crippen LogP contribution in [0.3, 0.4) is 0 Å². The largest absolute Gasteiger partial charge is 0.497 e. The number of carbonyl (C=O) groups is 1. The van der Waals surface area contributed by atoms with Crippen LogP contribution < -0.4 is 10.1 Å². The van der Waals surface area contributed by atoms with Crippen LogP contribution in [0, 0.1) is 5.92 Å². The van der Waals surface area contributed by atoms with E-state index >= 15 is 0 Å². The van der Waals surface area contributed by atoms with Gasteiger partial charge in [0, 0.05) is 18.7 Å². The van der Waals surface area contributed by atoms with Crippen molar-refractivity contribution in [2.45, 2.75) is 6.42 Å². The summed E-state index contributed by atoms with van der Waals surface area (Å²) >= 11 is 0. The number of nitrogens with one attached hydrogen (secondary N) is 1. The highest BCUT2D eigenvalue weighted by atomic mass is 16.5. The third kappa shape index (κ3) is 2.82. The summed E-state index contributed by atoms with van der Waals surface area (Å²) in [6, 6.07) is 7.31. The number of likely N-dealkylation sites (tertiary alicyclic amines) is 1. The fraction of sp³-hybridized carbons (Fsp3) is 0.500. The number of rotatable bonds is 4. The van der Waals surface area contributed by atoms with Gasteiger partial charge in [0.05, 0.1) is 7.11 Å². The van der Waals surface area contributed by atoms with Crippen molar-refractivity contribution in [1.29, 1.82) is 0 Å². The van der Waals surface area contributed by atoms with E-state index in [-0.39, 0.29) is 5.91 Å². The fourth-order valence-electron chi connectivity index (χ4n) is 2.39. The van der Waals surface area contributed by atoms with Crippen molar-refractivity contribution in [2.75, 3.05) is 33.8 Å². The Hall–Kier alpha value is -1.55. The molecule has 4 nitrogen and oxygen atoms in total. The van der Waals surface area contributed by atoms with E-state index in [1.165, 1.54) is 0 Å². The molecule has 1 aromatic rings. The summed E-state index contributed by atoms with van der Waals surface area (Å²) in [6.07, 6.45) is 1.09. The summed E-state index contributed by atoms with van der Waals surface area (Å²) < 4.78 is 5.09. The van der Waals surface area contributed by atoms with Crippen LogP contribution in [-0.2, 0) is 0 Å².